The summed E-state index contributed by atoms with van der Waals surface area (Å²) in [6, 6.07) is 4.71. The molecule has 1 aromatic rings. The number of rotatable bonds is 2. The van der Waals surface area contributed by atoms with Crippen molar-refractivity contribution < 1.29 is 14.3 Å². The van der Waals surface area contributed by atoms with Gasteiger partial charge in [-0.05, 0) is 24.3 Å². The fraction of sp³-hybridized carbons (Fsp3) is 0.222. The molecule has 2 N–H and O–H groups in total. The topological polar surface area (TPSA) is 49.3 Å². The van der Waals surface area contributed by atoms with Gasteiger partial charge in [-0.25, -0.2) is 4.39 Å². The lowest BCUT2D eigenvalue weighted by molar-refractivity contribution is 0.0791. The minimum absolute atomic E-state index is 0.148. The molecule has 1 amide bonds. The summed E-state index contributed by atoms with van der Waals surface area (Å²) < 4.78 is 10.5. The minimum atomic E-state index is -2.02. The number of carbonyl (C=O) groups excluding carboxylic acids is 1. The lowest BCUT2D eigenvalue weighted by Crippen LogP contribution is -2.43. The summed E-state index contributed by atoms with van der Waals surface area (Å²) in [4.78, 5) is 11.4. The van der Waals surface area contributed by atoms with Gasteiger partial charge >= 0.3 is 0 Å². The van der Waals surface area contributed by atoms with Crippen molar-refractivity contribution in [2.45, 2.75) is 10.0 Å². The Morgan fingerprint density at radius 3 is 2.25 bits per heavy atom. The third-order valence-electron chi connectivity index (χ3n) is 1.68. The number of aliphatic hydroxyl groups is 1. The van der Waals surface area contributed by atoms with Crippen LogP contribution in [0.1, 0.15) is 10.4 Å². The highest BCUT2D eigenvalue weighted by molar-refractivity contribution is 6.68. The predicted molar refractivity (Wildman–Crippen MR) is 60.2 cm³/mol. The summed E-state index contributed by atoms with van der Waals surface area (Å²) in [6.07, 6.45) is -1.64. The van der Waals surface area contributed by atoms with Gasteiger partial charge in [-0.15, -0.1) is 0 Å². The molecule has 0 saturated carbocycles. The van der Waals surface area contributed by atoms with Gasteiger partial charge in [-0.2, -0.15) is 0 Å². The molecule has 0 aromatic heterocycles. The first kappa shape index (κ1) is 13.5. The van der Waals surface area contributed by atoms with Crippen molar-refractivity contribution in [3.8, 4) is 0 Å². The Hall–Kier alpha value is -0.550. The highest BCUT2D eigenvalue weighted by atomic mass is 35.6. The molecule has 0 saturated heterocycles. The van der Waals surface area contributed by atoms with Crippen molar-refractivity contribution >= 4 is 40.7 Å². The molecule has 1 rings (SSSR count). The largest absolute Gasteiger partial charge is 0.369 e. The predicted octanol–water partition coefficient (Wildman–Crippen LogP) is 2.24. The molecule has 0 bridgehead atoms. The van der Waals surface area contributed by atoms with Gasteiger partial charge in [0.25, 0.3) is 5.91 Å². The lowest BCUT2D eigenvalue weighted by Gasteiger charge is -2.19. The van der Waals surface area contributed by atoms with Crippen molar-refractivity contribution in [1.29, 1.82) is 0 Å². The summed E-state index contributed by atoms with van der Waals surface area (Å²) >= 11 is 16.0. The first-order valence-corrected chi connectivity index (χ1v) is 5.25. The third kappa shape index (κ3) is 3.79. The van der Waals surface area contributed by atoms with Crippen molar-refractivity contribution in [2.24, 2.45) is 0 Å². The number of carbonyl (C=O) groups is 1. The van der Waals surface area contributed by atoms with Gasteiger partial charge in [0.15, 0.2) is 6.23 Å². The molecule has 0 spiro atoms. The number of hydrogen-bond acceptors (Lipinski definition) is 2. The molecule has 0 fully saturated rings. The van der Waals surface area contributed by atoms with E-state index in [0.717, 1.165) is 12.1 Å². The molecular formula is C9H7Cl3FNO2. The first-order chi connectivity index (χ1) is 7.30. The first-order valence-electron chi connectivity index (χ1n) is 4.12. The zero-order valence-electron chi connectivity index (χ0n) is 7.75. The number of hydrogen-bond donors (Lipinski definition) is 2. The van der Waals surface area contributed by atoms with Gasteiger partial charge < -0.3 is 10.4 Å². The van der Waals surface area contributed by atoms with Crippen LogP contribution < -0.4 is 5.32 Å². The van der Waals surface area contributed by atoms with Crippen LogP contribution in [0.3, 0.4) is 0 Å². The smallest absolute Gasteiger partial charge is 0.253 e. The minimum Gasteiger partial charge on any atom is -0.369 e. The van der Waals surface area contributed by atoms with E-state index in [2.05, 4.69) is 5.32 Å². The standard InChI is InChI=1S/C9H7Cl3FNO2/c10-9(11,12)8(16)14-7(15)5-1-3-6(13)4-2-5/h1-4,8,16H,(H,14,15)/t8-/m0/s1. The second-order valence-corrected chi connectivity index (χ2v) is 5.29. The molecule has 0 aliphatic rings. The van der Waals surface area contributed by atoms with E-state index in [1.165, 1.54) is 12.1 Å². The lowest BCUT2D eigenvalue weighted by atomic mass is 10.2. The number of aliphatic hydroxyl groups excluding tert-OH is 1. The van der Waals surface area contributed by atoms with Gasteiger partial charge in [0.1, 0.15) is 5.82 Å². The summed E-state index contributed by atoms with van der Waals surface area (Å²) in [5, 5.41) is 11.3. The van der Waals surface area contributed by atoms with Crippen molar-refractivity contribution in [3.63, 3.8) is 0 Å². The number of nitrogens with one attached hydrogen (secondary N) is 1. The molecule has 3 nitrogen and oxygen atoms in total. The molecule has 0 unspecified atom stereocenters. The van der Waals surface area contributed by atoms with Gasteiger partial charge in [0.2, 0.25) is 3.79 Å². The highest BCUT2D eigenvalue weighted by Gasteiger charge is 2.32. The average molecular weight is 287 g/mol. The summed E-state index contributed by atoms with van der Waals surface area (Å²) in [5.41, 5.74) is 0.148. The highest BCUT2D eigenvalue weighted by Crippen LogP contribution is 2.28. The third-order valence-corrected chi connectivity index (χ3v) is 2.30. The molecule has 0 aliphatic carbocycles. The second-order valence-electron chi connectivity index (χ2n) is 2.92. The Morgan fingerprint density at radius 1 is 1.31 bits per heavy atom. The average Bonchev–Trinajstić information content (AvgIpc) is 2.17. The second kappa shape index (κ2) is 5.19. The maximum absolute atomic E-state index is 12.6. The van der Waals surface area contributed by atoms with Gasteiger partial charge in [0, 0.05) is 5.56 Å². The fourth-order valence-electron chi connectivity index (χ4n) is 0.891. The summed E-state index contributed by atoms with van der Waals surface area (Å²) in [6.45, 7) is 0. The van der Waals surface area contributed by atoms with E-state index in [-0.39, 0.29) is 5.56 Å². The van der Waals surface area contributed by atoms with Crippen LogP contribution in [-0.4, -0.2) is 21.0 Å². The Balaban J connectivity index is 2.70. The molecule has 1 aromatic carbocycles. The van der Waals surface area contributed by atoms with Gasteiger partial charge in [-0.1, -0.05) is 34.8 Å². The zero-order valence-corrected chi connectivity index (χ0v) is 10.0. The van der Waals surface area contributed by atoms with Crippen molar-refractivity contribution in [3.05, 3.63) is 35.6 Å². The van der Waals surface area contributed by atoms with Crippen molar-refractivity contribution in [2.75, 3.05) is 0 Å². The Labute approximate surface area is 106 Å². The zero-order chi connectivity index (χ0) is 12.3. The van der Waals surface area contributed by atoms with E-state index >= 15 is 0 Å². The van der Waals surface area contributed by atoms with Crippen LogP contribution in [0.5, 0.6) is 0 Å². The summed E-state index contributed by atoms with van der Waals surface area (Å²) in [5.74, 6) is -1.14. The fourth-order valence-corrected chi connectivity index (χ4v) is 1.05. The van der Waals surface area contributed by atoms with Crippen LogP contribution in [0.15, 0.2) is 24.3 Å². The molecule has 0 aliphatic heterocycles. The van der Waals surface area contributed by atoms with Crippen LogP contribution in [0, 0.1) is 5.82 Å². The van der Waals surface area contributed by atoms with Gasteiger partial charge in [0.05, 0.1) is 0 Å². The van der Waals surface area contributed by atoms with Crippen molar-refractivity contribution in [1.82, 2.24) is 5.32 Å². The normalized spacial score (nSPS) is 13.3. The Bertz CT molecular complexity index is 377. The van der Waals surface area contributed by atoms with E-state index in [0.29, 0.717) is 0 Å². The Kier molecular flexibility index (Phi) is 4.38. The number of alkyl halides is 3. The van der Waals surface area contributed by atoms with E-state index < -0.39 is 21.7 Å². The van der Waals surface area contributed by atoms with Crippen LogP contribution in [0.25, 0.3) is 0 Å². The van der Waals surface area contributed by atoms with Crippen LogP contribution >= 0.6 is 34.8 Å². The number of benzene rings is 1. The molecule has 7 heteroatoms. The maximum atomic E-state index is 12.6. The SMILES string of the molecule is O=C(N[C@@H](O)C(Cl)(Cl)Cl)c1ccc(F)cc1. The van der Waals surface area contributed by atoms with Crippen LogP contribution in [0.4, 0.5) is 4.39 Å². The molecule has 0 heterocycles. The Morgan fingerprint density at radius 2 is 1.81 bits per heavy atom. The molecular weight excluding hydrogens is 279 g/mol. The van der Waals surface area contributed by atoms with E-state index in [4.69, 9.17) is 34.8 Å². The van der Waals surface area contributed by atoms with E-state index in [1.54, 1.807) is 0 Å². The molecule has 16 heavy (non-hydrogen) atoms. The number of halogens is 4. The van der Waals surface area contributed by atoms with Crippen LogP contribution in [0.2, 0.25) is 0 Å². The van der Waals surface area contributed by atoms with Gasteiger partial charge in [-0.3, -0.25) is 4.79 Å². The summed E-state index contributed by atoms with van der Waals surface area (Å²) in [7, 11) is 0. The molecule has 88 valence electrons. The quantitative estimate of drug-likeness (QED) is 0.647. The molecule has 0 radical (unpaired) electrons. The van der Waals surface area contributed by atoms with Crippen LogP contribution in [-0.2, 0) is 0 Å². The number of amides is 1. The molecule has 1 atom stereocenters. The maximum Gasteiger partial charge on any atom is 0.253 e. The van der Waals surface area contributed by atoms with E-state index in [1.807, 2.05) is 0 Å². The monoisotopic (exact) mass is 285 g/mol. The van der Waals surface area contributed by atoms with E-state index in [9.17, 15) is 14.3 Å².